The van der Waals surface area contributed by atoms with Gasteiger partial charge >= 0.3 is 0 Å². The number of halogens is 1. The molecule has 0 fully saturated rings. The van der Waals surface area contributed by atoms with E-state index in [1.165, 1.54) is 6.42 Å². The fourth-order valence-corrected chi connectivity index (χ4v) is 2.24. The first-order valence-corrected chi connectivity index (χ1v) is 6.35. The largest absolute Gasteiger partial charge is 0.323 e. The smallest absolute Gasteiger partial charge is 0.0696 e. The zero-order valence-corrected chi connectivity index (χ0v) is 11.3. The SMILES string of the molecule is CCCCC(N)c1c(Br)cnn1C(C)C. The minimum atomic E-state index is 0.0872. The van der Waals surface area contributed by atoms with Crippen LogP contribution in [0.4, 0.5) is 0 Å². The topological polar surface area (TPSA) is 43.8 Å². The second-order valence-corrected chi connectivity index (χ2v) is 5.02. The summed E-state index contributed by atoms with van der Waals surface area (Å²) in [6.07, 6.45) is 5.20. The average Bonchev–Trinajstić information content (AvgIpc) is 2.56. The summed E-state index contributed by atoms with van der Waals surface area (Å²) >= 11 is 3.51. The van der Waals surface area contributed by atoms with Gasteiger partial charge in [-0.25, -0.2) is 0 Å². The Kier molecular flexibility index (Phi) is 4.80. The molecule has 2 N–H and O–H groups in total. The third kappa shape index (κ3) is 3.05. The lowest BCUT2D eigenvalue weighted by Crippen LogP contribution is -2.18. The monoisotopic (exact) mass is 273 g/mol. The van der Waals surface area contributed by atoms with Crippen molar-refractivity contribution in [2.75, 3.05) is 0 Å². The fraction of sp³-hybridized carbons (Fsp3) is 0.727. The molecule has 0 aliphatic carbocycles. The molecule has 86 valence electrons. The van der Waals surface area contributed by atoms with E-state index in [1.807, 2.05) is 10.9 Å². The standard InChI is InChI=1S/C11H20BrN3/c1-4-5-6-10(13)11-9(12)7-14-15(11)8(2)3/h7-8,10H,4-6,13H2,1-3H3. The molecule has 0 radical (unpaired) electrons. The molecule has 1 aromatic heterocycles. The zero-order chi connectivity index (χ0) is 11.4. The molecule has 3 nitrogen and oxygen atoms in total. The molecule has 1 heterocycles. The van der Waals surface area contributed by atoms with Gasteiger partial charge in [-0.2, -0.15) is 5.10 Å². The fourth-order valence-electron chi connectivity index (χ4n) is 1.67. The minimum Gasteiger partial charge on any atom is -0.323 e. The van der Waals surface area contributed by atoms with E-state index >= 15 is 0 Å². The molecule has 0 amide bonds. The Bertz CT molecular complexity index is 307. The summed E-state index contributed by atoms with van der Waals surface area (Å²) in [6, 6.07) is 0.447. The maximum Gasteiger partial charge on any atom is 0.0696 e. The van der Waals surface area contributed by atoms with Gasteiger partial charge < -0.3 is 5.73 Å². The van der Waals surface area contributed by atoms with Crippen molar-refractivity contribution in [3.05, 3.63) is 16.4 Å². The van der Waals surface area contributed by atoms with Gasteiger partial charge in [0.25, 0.3) is 0 Å². The summed E-state index contributed by atoms with van der Waals surface area (Å²) in [4.78, 5) is 0. The summed E-state index contributed by atoms with van der Waals surface area (Å²) in [7, 11) is 0. The van der Waals surface area contributed by atoms with Gasteiger partial charge in [0.05, 0.1) is 16.4 Å². The van der Waals surface area contributed by atoms with Gasteiger partial charge in [0.15, 0.2) is 0 Å². The zero-order valence-electron chi connectivity index (χ0n) is 9.70. The molecule has 0 spiro atoms. The molecule has 1 aromatic rings. The van der Waals surface area contributed by atoms with Crippen LogP contribution in [0.1, 0.15) is 57.8 Å². The van der Waals surface area contributed by atoms with Crippen LogP contribution in [-0.2, 0) is 0 Å². The van der Waals surface area contributed by atoms with Crippen LogP contribution in [0.3, 0.4) is 0 Å². The number of hydrogen-bond acceptors (Lipinski definition) is 2. The Hall–Kier alpha value is -0.350. The number of unbranched alkanes of at least 4 members (excludes halogenated alkanes) is 1. The lowest BCUT2D eigenvalue weighted by Gasteiger charge is -2.17. The normalized spacial score (nSPS) is 13.5. The lowest BCUT2D eigenvalue weighted by atomic mass is 10.1. The first kappa shape index (κ1) is 12.7. The Balaban J connectivity index is 2.85. The number of nitrogens with zero attached hydrogens (tertiary/aromatic N) is 2. The number of rotatable bonds is 5. The summed E-state index contributed by atoms with van der Waals surface area (Å²) in [6.45, 7) is 6.42. The van der Waals surface area contributed by atoms with Crippen LogP contribution in [-0.4, -0.2) is 9.78 Å². The van der Waals surface area contributed by atoms with E-state index in [0.717, 1.165) is 23.0 Å². The van der Waals surface area contributed by atoms with Gasteiger partial charge in [-0.1, -0.05) is 19.8 Å². The van der Waals surface area contributed by atoms with Crippen molar-refractivity contribution < 1.29 is 0 Å². The number of nitrogens with two attached hydrogens (primary N) is 1. The highest BCUT2D eigenvalue weighted by molar-refractivity contribution is 9.10. The van der Waals surface area contributed by atoms with Crippen molar-refractivity contribution in [2.24, 2.45) is 5.73 Å². The summed E-state index contributed by atoms with van der Waals surface area (Å²) < 4.78 is 3.03. The third-order valence-electron chi connectivity index (χ3n) is 2.50. The molecule has 1 rings (SSSR count). The van der Waals surface area contributed by atoms with Crippen LogP contribution in [0, 0.1) is 0 Å². The van der Waals surface area contributed by atoms with Gasteiger partial charge in [-0.05, 0) is 36.2 Å². The third-order valence-corrected chi connectivity index (χ3v) is 3.11. The van der Waals surface area contributed by atoms with E-state index in [9.17, 15) is 0 Å². The quantitative estimate of drug-likeness (QED) is 0.894. The highest BCUT2D eigenvalue weighted by Crippen LogP contribution is 2.27. The first-order valence-electron chi connectivity index (χ1n) is 5.56. The maximum absolute atomic E-state index is 6.17. The Labute approximate surface area is 100 Å². The number of hydrogen-bond donors (Lipinski definition) is 1. The van der Waals surface area contributed by atoms with E-state index in [2.05, 4.69) is 41.8 Å². The van der Waals surface area contributed by atoms with Gasteiger partial charge in [0, 0.05) is 12.1 Å². The van der Waals surface area contributed by atoms with Crippen LogP contribution >= 0.6 is 15.9 Å². The number of aromatic nitrogens is 2. The first-order chi connectivity index (χ1) is 7.07. The lowest BCUT2D eigenvalue weighted by molar-refractivity contribution is 0.469. The molecule has 0 saturated heterocycles. The Morgan fingerprint density at radius 3 is 2.73 bits per heavy atom. The van der Waals surface area contributed by atoms with Crippen LogP contribution in [0.25, 0.3) is 0 Å². The van der Waals surface area contributed by atoms with E-state index in [4.69, 9.17) is 5.73 Å². The Morgan fingerprint density at radius 2 is 2.20 bits per heavy atom. The molecule has 4 heteroatoms. The molecule has 15 heavy (non-hydrogen) atoms. The predicted octanol–water partition coefficient (Wildman–Crippen LogP) is 3.42. The average molecular weight is 274 g/mol. The summed E-state index contributed by atoms with van der Waals surface area (Å²) in [5.74, 6) is 0. The van der Waals surface area contributed by atoms with Gasteiger partial charge in [-0.15, -0.1) is 0 Å². The van der Waals surface area contributed by atoms with E-state index in [-0.39, 0.29) is 6.04 Å². The van der Waals surface area contributed by atoms with Crippen molar-refractivity contribution in [1.29, 1.82) is 0 Å². The molecule has 0 saturated carbocycles. The van der Waals surface area contributed by atoms with Crippen molar-refractivity contribution in [2.45, 2.75) is 52.1 Å². The van der Waals surface area contributed by atoms with Crippen molar-refractivity contribution in [3.63, 3.8) is 0 Å². The molecule has 0 aromatic carbocycles. The van der Waals surface area contributed by atoms with Crippen molar-refractivity contribution >= 4 is 15.9 Å². The van der Waals surface area contributed by atoms with Crippen molar-refractivity contribution in [3.8, 4) is 0 Å². The van der Waals surface area contributed by atoms with Gasteiger partial charge in [0.2, 0.25) is 0 Å². The molecule has 0 aliphatic rings. The maximum atomic E-state index is 6.17. The molecular formula is C11H20BrN3. The summed E-state index contributed by atoms with van der Waals surface area (Å²) in [5.41, 5.74) is 7.30. The highest BCUT2D eigenvalue weighted by Gasteiger charge is 2.17. The van der Waals surface area contributed by atoms with Crippen LogP contribution in [0.2, 0.25) is 0 Å². The minimum absolute atomic E-state index is 0.0872. The van der Waals surface area contributed by atoms with E-state index in [0.29, 0.717) is 6.04 Å². The van der Waals surface area contributed by atoms with Crippen LogP contribution < -0.4 is 5.73 Å². The second-order valence-electron chi connectivity index (χ2n) is 4.16. The molecule has 0 aliphatic heterocycles. The van der Waals surface area contributed by atoms with E-state index < -0.39 is 0 Å². The summed E-state index contributed by atoms with van der Waals surface area (Å²) in [5, 5.41) is 4.33. The Morgan fingerprint density at radius 1 is 1.53 bits per heavy atom. The molecule has 1 unspecified atom stereocenters. The van der Waals surface area contributed by atoms with Crippen molar-refractivity contribution in [1.82, 2.24) is 9.78 Å². The van der Waals surface area contributed by atoms with Crippen LogP contribution in [0.5, 0.6) is 0 Å². The van der Waals surface area contributed by atoms with Gasteiger partial charge in [0.1, 0.15) is 0 Å². The van der Waals surface area contributed by atoms with E-state index in [1.54, 1.807) is 0 Å². The molecule has 0 bridgehead atoms. The highest BCUT2D eigenvalue weighted by atomic mass is 79.9. The van der Waals surface area contributed by atoms with Gasteiger partial charge in [-0.3, -0.25) is 4.68 Å². The second kappa shape index (κ2) is 5.66. The predicted molar refractivity (Wildman–Crippen MR) is 66.8 cm³/mol. The molecule has 1 atom stereocenters. The van der Waals surface area contributed by atoms with Crippen LogP contribution in [0.15, 0.2) is 10.7 Å². The molecular weight excluding hydrogens is 254 g/mol.